The van der Waals surface area contributed by atoms with Crippen LogP contribution in [0.5, 0.6) is 0 Å². The van der Waals surface area contributed by atoms with Gasteiger partial charge in [0.25, 0.3) is 0 Å². The van der Waals surface area contributed by atoms with Gasteiger partial charge in [-0.3, -0.25) is 0 Å². The van der Waals surface area contributed by atoms with Crippen molar-refractivity contribution in [2.24, 2.45) is 0 Å². The van der Waals surface area contributed by atoms with E-state index in [0.717, 1.165) is 38.4 Å². The molecule has 4 heteroatoms. The molecular formula is C15H21N3O. The Hall–Kier alpha value is -1.65. The number of benzene rings is 1. The van der Waals surface area contributed by atoms with Gasteiger partial charge >= 0.3 is 0 Å². The lowest BCUT2D eigenvalue weighted by Crippen LogP contribution is -2.16. The number of hydrogen-bond donors (Lipinski definition) is 2. The number of aromatic amines is 1. The van der Waals surface area contributed by atoms with E-state index in [2.05, 4.69) is 27.4 Å². The molecule has 0 saturated carbocycles. The number of nitrogens with zero attached hydrogens (tertiary/aromatic N) is 1. The van der Waals surface area contributed by atoms with Crippen LogP contribution >= 0.6 is 0 Å². The van der Waals surface area contributed by atoms with Crippen LogP contribution in [0, 0.1) is 0 Å². The predicted molar refractivity (Wildman–Crippen MR) is 75.6 cm³/mol. The molecule has 0 spiro atoms. The van der Waals surface area contributed by atoms with Crippen molar-refractivity contribution in [3.63, 3.8) is 0 Å². The normalized spacial score (nSPS) is 10.7. The van der Waals surface area contributed by atoms with E-state index < -0.39 is 0 Å². The van der Waals surface area contributed by atoms with E-state index in [4.69, 9.17) is 4.74 Å². The monoisotopic (exact) mass is 259 g/mol. The smallest absolute Gasteiger partial charge is 0.120 e. The van der Waals surface area contributed by atoms with Gasteiger partial charge in [0.15, 0.2) is 0 Å². The summed E-state index contributed by atoms with van der Waals surface area (Å²) in [6.45, 7) is 3.32. The molecule has 19 heavy (non-hydrogen) atoms. The van der Waals surface area contributed by atoms with Crippen LogP contribution in [0.25, 0.3) is 0 Å². The van der Waals surface area contributed by atoms with E-state index in [1.807, 2.05) is 24.4 Å². The summed E-state index contributed by atoms with van der Waals surface area (Å²) in [7, 11) is 0. The number of imidazole rings is 1. The number of ether oxygens (including phenoxy) is 1. The first-order valence-corrected chi connectivity index (χ1v) is 6.76. The summed E-state index contributed by atoms with van der Waals surface area (Å²) in [5.41, 5.74) is 1.23. The third-order valence-corrected chi connectivity index (χ3v) is 2.85. The van der Waals surface area contributed by atoms with Crippen molar-refractivity contribution in [2.75, 3.05) is 13.2 Å². The average Bonchev–Trinajstić information content (AvgIpc) is 2.96. The number of unbranched alkanes of at least 4 members (excludes halogenated alkanes) is 1. The summed E-state index contributed by atoms with van der Waals surface area (Å²) in [6.07, 6.45) is 5.82. The van der Waals surface area contributed by atoms with E-state index in [1.54, 1.807) is 6.20 Å². The van der Waals surface area contributed by atoms with Gasteiger partial charge in [0.2, 0.25) is 0 Å². The quantitative estimate of drug-likeness (QED) is 0.680. The highest BCUT2D eigenvalue weighted by Gasteiger charge is 1.95. The van der Waals surface area contributed by atoms with Gasteiger partial charge < -0.3 is 15.0 Å². The van der Waals surface area contributed by atoms with Crippen LogP contribution in [0.1, 0.15) is 24.2 Å². The van der Waals surface area contributed by atoms with E-state index >= 15 is 0 Å². The molecule has 2 rings (SSSR count). The van der Waals surface area contributed by atoms with E-state index in [-0.39, 0.29) is 0 Å². The summed E-state index contributed by atoms with van der Waals surface area (Å²) >= 11 is 0. The molecule has 0 atom stereocenters. The zero-order valence-electron chi connectivity index (χ0n) is 11.1. The first-order valence-electron chi connectivity index (χ1n) is 6.76. The Kier molecular flexibility index (Phi) is 6.13. The summed E-state index contributed by atoms with van der Waals surface area (Å²) in [4.78, 5) is 7.22. The predicted octanol–water partition coefficient (Wildman–Crippen LogP) is 2.50. The lowest BCUT2D eigenvalue weighted by Gasteiger charge is -2.05. The molecule has 1 heterocycles. The van der Waals surface area contributed by atoms with Crippen LogP contribution in [0.4, 0.5) is 0 Å². The van der Waals surface area contributed by atoms with E-state index in [0.29, 0.717) is 6.61 Å². The van der Waals surface area contributed by atoms with Crippen LogP contribution in [0.15, 0.2) is 42.7 Å². The molecule has 1 aromatic carbocycles. The zero-order chi connectivity index (χ0) is 13.2. The van der Waals surface area contributed by atoms with Gasteiger partial charge in [0, 0.05) is 19.0 Å². The number of aromatic nitrogens is 2. The van der Waals surface area contributed by atoms with Gasteiger partial charge in [0.1, 0.15) is 5.82 Å². The number of nitrogens with one attached hydrogen (secondary N) is 2. The van der Waals surface area contributed by atoms with E-state index in [1.165, 1.54) is 5.56 Å². The second-order valence-electron chi connectivity index (χ2n) is 4.46. The standard InChI is InChI=1S/C15H21N3O/c1-2-6-14(7-3-1)13-19-11-5-4-8-16-12-15-17-9-10-18-15/h1-3,6-7,9-10,16H,4-5,8,11-13H2,(H,17,18). The molecule has 0 radical (unpaired) electrons. The van der Waals surface area contributed by atoms with Crippen LogP contribution in [0.2, 0.25) is 0 Å². The summed E-state index contributed by atoms with van der Waals surface area (Å²) in [5, 5.41) is 3.35. The molecule has 0 aliphatic rings. The van der Waals surface area contributed by atoms with Gasteiger partial charge in [-0.1, -0.05) is 30.3 Å². The largest absolute Gasteiger partial charge is 0.377 e. The molecule has 0 aliphatic heterocycles. The molecule has 2 aromatic rings. The van der Waals surface area contributed by atoms with Crippen molar-refractivity contribution in [1.29, 1.82) is 0 Å². The number of H-pyrrole nitrogens is 1. The molecule has 0 aliphatic carbocycles. The lowest BCUT2D eigenvalue weighted by molar-refractivity contribution is 0.117. The molecule has 2 N–H and O–H groups in total. The molecule has 4 nitrogen and oxygen atoms in total. The van der Waals surface area contributed by atoms with Crippen LogP contribution in [0.3, 0.4) is 0 Å². The minimum Gasteiger partial charge on any atom is -0.377 e. The molecule has 0 saturated heterocycles. The fraction of sp³-hybridized carbons (Fsp3) is 0.400. The molecule has 0 bridgehead atoms. The summed E-state index contributed by atoms with van der Waals surface area (Å²) in [6, 6.07) is 10.3. The Balaban J connectivity index is 1.42. The van der Waals surface area contributed by atoms with Gasteiger partial charge in [-0.05, 0) is 24.9 Å². The SMILES string of the molecule is c1ccc(COCCCCNCc2ncc[nH]2)cc1. The highest BCUT2D eigenvalue weighted by molar-refractivity contribution is 5.13. The van der Waals surface area contributed by atoms with Crippen molar-refractivity contribution in [3.8, 4) is 0 Å². The third-order valence-electron chi connectivity index (χ3n) is 2.85. The Morgan fingerprint density at radius 2 is 2.05 bits per heavy atom. The van der Waals surface area contributed by atoms with Crippen LogP contribution in [-0.2, 0) is 17.9 Å². The van der Waals surface area contributed by atoms with E-state index in [9.17, 15) is 0 Å². The molecule has 0 amide bonds. The maximum absolute atomic E-state index is 5.63. The maximum atomic E-state index is 5.63. The van der Waals surface area contributed by atoms with Crippen molar-refractivity contribution < 1.29 is 4.74 Å². The van der Waals surface area contributed by atoms with Gasteiger partial charge in [0.05, 0.1) is 13.2 Å². The fourth-order valence-corrected chi connectivity index (χ4v) is 1.82. The van der Waals surface area contributed by atoms with Gasteiger partial charge in [-0.15, -0.1) is 0 Å². The van der Waals surface area contributed by atoms with Gasteiger partial charge in [-0.2, -0.15) is 0 Å². The molecule has 102 valence electrons. The Labute approximate surface area is 114 Å². The first-order chi connectivity index (χ1) is 9.45. The zero-order valence-corrected chi connectivity index (χ0v) is 11.1. The second-order valence-corrected chi connectivity index (χ2v) is 4.46. The average molecular weight is 259 g/mol. The van der Waals surface area contributed by atoms with Crippen molar-refractivity contribution >= 4 is 0 Å². The number of hydrogen-bond acceptors (Lipinski definition) is 3. The maximum Gasteiger partial charge on any atom is 0.120 e. The third kappa shape index (κ3) is 5.68. The summed E-state index contributed by atoms with van der Waals surface area (Å²) in [5.74, 6) is 0.986. The molecule has 1 aromatic heterocycles. The van der Waals surface area contributed by atoms with Crippen molar-refractivity contribution in [3.05, 3.63) is 54.1 Å². The molecular weight excluding hydrogens is 238 g/mol. The highest BCUT2D eigenvalue weighted by atomic mass is 16.5. The van der Waals surface area contributed by atoms with Crippen LogP contribution in [-0.4, -0.2) is 23.1 Å². The van der Waals surface area contributed by atoms with Crippen molar-refractivity contribution in [1.82, 2.24) is 15.3 Å². The minimum absolute atomic E-state index is 0.709. The van der Waals surface area contributed by atoms with Gasteiger partial charge in [-0.25, -0.2) is 4.98 Å². The highest BCUT2D eigenvalue weighted by Crippen LogP contribution is 2.01. The molecule has 0 fully saturated rings. The summed E-state index contributed by atoms with van der Waals surface area (Å²) < 4.78 is 5.63. The Morgan fingerprint density at radius 3 is 2.84 bits per heavy atom. The minimum atomic E-state index is 0.709. The topological polar surface area (TPSA) is 49.9 Å². The lowest BCUT2D eigenvalue weighted by atomic mass is 10.2. The second kappa shape index (κ2) is 8.45. The Morgan fingerprint density at radius 1 is 1.16 bits per heavy atom. The Bertz CT molecular complexity index is 428. The van der Waals surface area contributed by atoms with Crippen molar-refractivity contribution in [2.45, 2.75) is 26.0 Å². The van der Waals surface area contributed by atoms with Crippen LogP contribution < -0.4 is 5.32 Å². The first kappa shape index (κ1) is 13.8. The number of rotatable bonds is 9. The fourth-order valence-electron chi connectivity index (χ4n) is 1.82. The molecule has 0 unspecified atom stereocenters.